The molecule has 0 aliphatic carbocycles. The first-order valence-corrected chi connectivity index (χ1v) is 9.29. The molecule has 0 aliphatic heterocycles. The van der Waals surface area contributed by atoms with Crippen LogP contribution in [0.5, 0.6) is 0 Å². The third-order valence-electron chi connectivity index (χ3n) is 4.38. The smallest absolute Gasteiger partial charge is 0.677 e. The molecular formula is C23H29NO4Zn. The van der Waals surface area contributed by atoms with Gasteiger partial charge in [0.05, 0.1) is 26.1 Å². The maximum atomic E-state index is 12.6. The summed E-state index contributed by atoms with van der Waals surface area (Å²) in [5.41, 5.74) is 1.57. The van der Waals surface area contributed by atoms with Crippen LogP contribution >= 0.6 is 0 Å². The van der Waals surface area contributed by atoms with E-state index in [0.717, 1.165) is 11.3 Å². The van der Waals surface area contributed by atoms with Gasteiger partial charge in [0.1, 0.15) is 0 Å². The van der Waals surface area contributed by atoms with E-state index in [2.05, 4.69) is 6.92 Å². The van der Waals surface area contributed by atoms with Crippen LogP contribution in [-0.2, 0) is 38.5 Å². The molecule has 0 radical (unpaired) electrons. The molecule has 0 saturated heterocycles. The zero-order chi connectivity index (χ0) is 20.9. The van der Waals surface area contributed by atoms with E-state index >= 15 is 0 Å². The molecule has 0 saturated carbocycles. The van der Waals surface area contributed by atoms with Crippen molar-refractivity contribution in [3.63, 3.8) is 0 Å². The largest absolute Gasteiger partial charge is 2.00 e. The monoisotopic (exact) mass is 447 g/mol. The van der Waals surface area contributed by atoms with Crippen molar-refractivity contribution in [2.24, 2.45) is 11.8 Å². The molecule has 0 amide bonds. The number of benzene rings is 2. The second-order valence-corrected chi connectivity index (χ2v) is 5.91. The summed E-state index contributed by atoms with van der Waals surface area (Å²) < 4.78 is 9.95. The molecule has 0 aliphatic rings. The molecule has 0 heterocycles. The number of rotatable bonds is 8. The fourth-order valence-electron chi connectivity index (χ4n) is 3.05. The van der Waals surface area contributed by atoms with Crippen LogP contribution in [-0.4, -0.2) is 26.2 Å². The molecule has 0 N–H and O–H groups in total. The van der Waals surface area contributed by atoms with Gasteiger partial charge in [0.15, 0.2) is 0 Å². The molecule has 5 nitrogen and oxygen atoms in total. The number of para-hydroxylation sites is 1. The van der Waals surface area contributed by atoms with Crippen molar-refractivity contribution in [2.45, 2.75) is 26.3 Å². The zero-order valence-corrected chi connectivity index (χ0v) is 20.7. The topological polar surface area (TPSA) is 66.7 Å². The van der Waals surface area contributed by atoms with E-state index in [1.807, 2.05) is 67.6 Å². The summed E-state index contributed by atoms with van der Waals surface area (Å²) in [5, 5.41) is 4.78. The minimum atomic E-state index is -0.778. The van der Waals surface area contributed by atoms with Gasteiger partial charge in [-0.25, -0.2) is 0 Å². The Hall–Kier alpha value is -2.20. The van der Waals surface area contributed by atoms with Crippen LogP contribution in [0.25, 0.3) is 5.32 Å². The van der Waals surface area contributed by atoms with Crippen LogP contribution in [0.4, 0.5) is 5.69 Å². The van der Waals surface area contributed by atoms with E-state index in [-0.39, 0.29) is 19.5 Å². The molecule has 0 fully saturated rings. The molecule has 0 aromatic heterocycles. The number of esters is 2. The first-order valence-electron chi connectivity index (χ1n) is 9.29. The average Bonchev–Trinajstić information content (AvgIpc) is 2.77. The van der Waals surface area contributed by atoms with Gasteiger partial charge in [-0.3, -0.25) is 9.59 Å². The van der Waals surface area contributed by atoms with Gasteiger partial charge >= 0.3 is 31.4 Å². The van der Waals surface area contributed by atoms with Crippen LogP contribution in [0.3, 0.4) is 0 Å². The van der Waals surface area contributed by atoms with E-state index < -0.39 is 29.8 Å². The van der Waals surface area contributed by atoms with Crippen molar-refractivity contribution in [1.29, 1.82) is 0 Å². The maximum absolute atomic E-state index is 12.6. The van der Waals surface area contributed by atoms with Crippen molar-refractivity contribution < 1.29 is 38.5 Å². The van der Waals surface area contributed by atoms with Gasteiger partial charge in [0, 0.05) is 0 Å². The summed E-state index contributed by atoms with van der Waals surface area (Å²) in [6.45, 7) is 6.85. The van der Waals surface area contributed by atoms with Crippen LogP contribution in [0.2, 0.25) is 0 Å². The minimum Gasteiger partial charge on any atom is -0.677 e. The van der Waals surface area contributed by atoms with Crippen LogP contribution in [0, 0.1) is 18.8 Å². The summed E-state index contributed by atoms with van der Waals surface area (Å²) >= 11 is 0. The number of methoxy groups -OCH3 is 2. The first-order chi connectivity index (χ1) is 13.6. The number of ether oxygens (including phenoxy) is 2. The predicted octanol–water partition coefficient (Wildman–Crippen LogP) is 5.26. The quantitative estimate of drug-likeness (QED) is 0.314. The van der Waals surface area contributed by atoms with Gasteiger partial charge in [0.25, 0.3) is 0 Å². The Morgan fingerprint density at radius 1 is 0.897 bits per heavy atom. The van der Waals surface area contributed by atoms with Gasteiger partial charge in [-0.05, 0) is 6.42 Å². The zero-order valence-electron chi connectivity index (χ0n) is 17.7. The molecule has 0 bridgehead atoms. The normalized spacial score (nSPS) is 12.7. The molecule has 2 rings (SSSR count). The van der Waals surface area contributed by atoms with Crippen molar-refractivity contribution in [3.05, 3.63) is 78.5 Å². The van der Waals surface area contributed by atoms with Gasteiger partial charge in [-0.2, -0.15) is 6.92 Å². The van der Waals surface area contributed by atoms with E-state index in [1.165, 1.54) is 14.2 Å². The Bertz CT molecular complexity index is 709. The number of hydrogen-bond acceptors (Lipinski definition) is 4. The van der Waals surface area contributed by atoms with Crippen molar-refractivity contribution >= 4 is 17.6 Å². The molecule has 29 heavy (non-hydrogen) atoms. The number of carbonyl (C=O) groups is 2. The van der Waals surface area contributed by atoms with Gasteiger partial charge in [-0.15, -0.1) is 5.69 Å². The van der Waals surface area contributed by atoms with Crippen molar-refractivity contribution in [1.82, 2.24) is 0 Å². The fourth-order valence-corrected chi connectivity index (χ4v) is 3.05. The number of carbonyl (C=O) groups excluding carboxylic acids is 2. The molecule has 2 aromatic rings. The molecule has 0 spiro atoms. The molecule has 3 atom stereocenters. The second-order valence-electron chi connectivity index (χ2n) is 5.91. The fraction of sp³-hybridized carbons (Fsp3) is 0.348. The third-order valence-corrected chi connectivity index (χ3v) is 4.38. The van der Waals surface area contributed by atoms with E-state index in [1.54, 1.807) is 6.92 Å². The van der Waals surface area contributed by atoms with Crippen LogP contribution < -0.4 is 0 Å². The van der Waals surface area contributed by atoms with Crippen LogP contribution in [0.15, 0.2) is 60.7 Å². The summed E-state index contributed by atoms with van der Waals surface area (Å²) in [6.07, 6.45) is 0.445. The van der Waals surface area contributed by atoms with Gasteiger partial charge < -0.3 is 21.7 Å². The maximum Gasteiger partial charge on any atom is 2.00 e. The standard InChI is InChI=1S/C21H24NO4.C2H5.Zn/c1-4-17(20(23)25-2)18(21(24)26-3)19(15-11-7-5-8-12-15)22-16-13-9-6-10-14-16;1-2;/h5-14,17-19H,4H2,1-3H3;1H2,2H3;/q2*-1;+2/t17-,18-,19+;;/m1../s1. The molecule has 2 aromatic carbocycles. The Balaban J connectivity index is 0.00000253. The molecule has 0 unspecified atom stereocenters. The van der Waals surface area contributed by atoms with Gasteiger partial charge in [0.2, 0.25) is 0 Å². The molecule has 152 valence electrons. The molecule has 6 heteroatoms. The SMILES string of the molecule is CC[C@@H](C(=O)OC)[C@@H](C(=O)OC)[C@@H]([N-]c1ccccc1)c1ccccc1.[CH2-]C.[Zn+2]. The second kappa shape index (κ2) is 14.8. The first kappa shape index (κ1) is 26.8. The molecular weight excluding hydrogens is 420 g/mol. The number of hydrogen-bond donors (Lipinski definition) is 0. The summed E-state index contributed by atoms with van der Waals surface area (Å²) in [5.74, 6) is -2.34. The van der Waals surface area contributed by atoms with E-state index in [0.29, 0.717) is 6.42 Å². The van der Waals surface area contributed by atoms with Crippen molar-refractivity contribution in [3.8, 4) is 0 Å². The Morgan fingerprint density at radius 2 is 1.38 bits per heavy atom. The summed E-state index contributed by atoms with van der Waals surface area (Å²) in [7, 11) is 2.65. The van der Waals surface area contributed by atoms with E-state index in [9.17, 15) is 9.59 Å². The van der Waals surface area contributed by atoms with Crippen LogP contribution in [0.1, 0.15) is 31.9 Å². The third kappa shape index (κ3) is 7.62. The Labute approximate surface area is 186 Å². The summed E-state index contributed by atoms with van der Waals surface area (Å²) in [6, 6.07) is 18.3. The van der Waals surface area contributed by atoms with E-state index in [4.69, 9.17) is 14.8 Å². The Morgan fingerprint density at radius 3 is 1.83 bits per heavy atom. The van der Waals surface area contributed by atoms with Gasteiger partial charge in [-0.1, -0.05) is 79.2 Å². The number of nitrogens with zero attached hydrogens (tertiary/aromatic N) is 1. The predicted molar refractivity (Wildman–Crippen MR) is 111 cm³/mol. The minimum absolute atomic E-state index is 0. The summed E-state index contributed by atoms with van der Waals surface area (Å²) in [4.78, 5) is 25.0. The van der Waals surface area contributed by atoms with Crippen molar-refractivity contribution in [2.75, 3.05) is 14.2 Å². The Kier molecular flexibility index (Phi) is 13.6. The average molecular weight is 449 g/mol.